The number of rotatable bonds is 1. The number of hydrogen-bond acceptors (Lipinski definition) is 3. The fourth-order valence-corrected chi connectivity index (χ4v) is 3.90. The molecule has 1 saturated heterocycles. The highest BCUT2D eigenvalue weighted by atomic mass is 35.5. The molecule has 1 aliphatic rings. The quantitative estimate of drug-likeness (QED) is 0.746. The number of amides is 1. The van der Waals surface area contributed by atoms with E-state index in [1.165, 1.54) is 0 Å². The van der Waals surface area contributed by atoms with E-state index in [-0.39, 0.29) is 16.2 Å². The zero-order valence-corrected chi connectivity index (χ0v) is 12.5. The molecule has 0 aromatic carbocycles. The monoisotopic (exact) mass is 304 g/mol. The third-order valence-electron chi connectivity index (χ3n) is 2.72. The lowest BCUT2D eigenvalue weighted by atomic mass is 10.2. The van der Waals surface area contributed by atoms with E-state index in [0.29, 0.717) is 16.1 Å². The van der Waals surface area contributed by atoms with Crippen molar-refractivity contribution < 1.29 is 4.79 Å². The Kier molecular flexibility index (Phi) is 4.41. The lowest BCUT2D eigenvalue weighted by molar-refractivity contribution is 0.0753. The van der Waals surface area contributed by atoms with Crippen molar-refractivity contribution in [3.05, 3.63) is 28.0 Å². The number of halogens is 2. The lowest BCUT2D eigenvalue weighted by Gasteiger charge is -2.34. The second kappa shape index (κ2) is 5.68. The molecule has 6 heteroatoms. The normalized spacial score (nSPS) is 24.1. The maximum Gasteiger partial charge on any atom is 0.254 e. The molecular formula is C12H14Cl2N2OS. The number of carbonyl (C=O) groups excluding carboxylic acids is 1. The summed E-state index contributed by atoms with van der Waals surface area (Å²) in [4.78, 5) is 18.1. The zero-order chi connectivity index (χ0) is 13.3. The van der Waals surface area contributed by atoms with Gasteiger partial charge in [0.05, 0.1) is 0 Å². The van der Waals surface area contributed by atoms with Crippen LogP contribution in [0.4, 0.5) is 0 Å². The van der Waals surface area contributed by atoms with Crippen LogP contribution in [0.3, 0.4) is 0 Å². The van der Waals surface area contributed by atoms with Crippen LogP contribution in [-0.4, -0.2) is 39.4 Å². The molecule has 1 fully saturated rings. The van der Waals surface area contributed by atoms with E-state index < -0.39 is 0 Å². The van der Waals surface area contributed by atoms with E-state index in [2.05, 4.69) is 18.8 Å². The minimum absolute atomic E-state index is 0.0276. The number of nitrogens with zero attached hydrogens (tertiary/aromatic N) is 2. The van der Waals surface area contributed by atoms with Gasteiger partial charge in [-0.25, -0.2) is 4.98 Å². The molecular weight excluding hydrogens is 291 g/mol. The number of aromatic nitrogens is 1. The average molecular weight is 305 g/mol. The Morgan fingerprint density at radius 1 is 1.28 bits per heavy atom. The molecule has 2 unspecified atom stereocenters. The van der Waals surface area contributed by atoms with Crippen molar-refractivity contribution in [3.8, 4) is 0 Å². The first-order valence-corrected chi connectivity index (χ1v) is 7.43. The van der Waals surface area contributed by atoms with E-state index >= 15 is 0 Å². The summed E-state index contributed by atoms with van der Waals surface area (Å²) in [5.74, 6) is -0.0276. The first kappa shape index (κ1) is 14.0. The molecule has 2 rings (SSSR count). The first-order chi connectivity index (χ1) is 8.45. The Hall–Kier alpha value is -0.450. The lowest BCUT2D eigenvalue weighted by Crippen LogP contribution is -2.44. The van der Waals surface area contributed by atoms with Gasteiger partial charge in [0.15, 0.2) is 0 Å². The van der Waals surface area contributed by atoms with E-state index in [4.69, 9.17) is 23.2 Å². The molecule has 18 heavy (non-hydrogen) atoms. The highest BCUT2D eigenvalue weighted by Crippen LogP contribution is 2.26. The van der Waals surface area contributed by atoms with Crippen LogP contribution in [0.5, 0.6) is 0 Å². The highest BCUT2D eigenvalue weighted by Gasteiger charge is 2.26. The maximum absolute atomic E-state index is 12.4. The van der Waals surface area contributed by atoms with Gasteiger partial charge in [-0.1, -0.05) is 37.0 Å². The minimum atomic E-state index is -0.0276. The van der Waals surface area contributed by atoms with E-state index in [9.17, 15) is 4.79 Å². The van der Waals surface area contributed by atoms with Crippen molar-refractivity contribution >= 4 is 40.9 Å². The van der Waals surface area contributed by atoms with Crippen molar-refractivity contribution in [2.45, 2.75) is 24.3 Å². The third-order valence-corrected chi connectivity index (χ3v) is 4.33. The topological polar surface area (TPSA) is 33.2 Å². The predicted molar refractivity (Wildman–Crippen MR) is 76.7 cm³/mol. The molecule has 0 saturated carbocycles. The molecule has 0 spiro atoms. The van der Waals surface area contributed by atoms with Crippen LogP contribution in [0.1, 0.15) is 24.2 Å². The molecule has 1 aromatic rings. The Bertz CT molecular complexity index is 439. The summed E-state index contributed by atoms with van der Waals surface area (Å²) in [6, 6.07) is 3.12. The smallest absolute Gasteiger partial charge is 0.254 e. The standard InChI is InChI=1S/C12H14Cl2N2OS/c1-7-5-16(6-8(2)18-7)12(17)9-3-10(13)15-11(14)4-9/h3-4,7-8H,5-6H2,1-2H3. The van der Waals surface area contributed by atoms with Gasteiger partial charge in [-0.05, 0) is 12.1 Å². The van der Waals surface area contributed by atoms with E-state index in [0.717, 1.165) is 13.1 Å². The number of carbonyl (C=O) groups is 1. The fraction of sp³-hybridized carbons (Fsp3) is 0.500. The summed E-state index contributed by atoms with van der Waals surface area (Å²) in [5, 5.41) is 1.40. The summed E-state index contributed by atoms with van der Waals surface area (Å²) in [7, 11) is 0. The molecule has 1 aromatic heterocycles. The van der Waals surface area contributed by atoms with Gasteiger partial charge in [-0.15, -0.1) is 0 Å². The molecule has 98 valence electrons. The molecule has 2 heterocycles. The van der Waals surface area contributed by atoms with Gasteiger partial charge >= 0.3 is 0 Å². The summed E-state index contributed by atoms with van der Waals surface area (Å²) >= 11 is 13.5. The largest absolute Gasteiger partial charge is 0.336 e. The minimum Gasteiger partial charge on any atom is -0.336 e. The van der Waals surface area contributed by atoms with Crippen molar-refractivity contribution in [2.75, 3.05) is 13.1 Å². The SMILES string of the molecule is CC1CN(C(=O)c2cc(Cl)nc(Cl)c2)CC(C)S1. The molecule has 0 radical (unpaired) electrons. The van der Waals surface area contributed by atoms with Crippen LogP contribution in [0, 0.1) is 0 Å². The summed E-state index contributed by atoms with van der Waals surface area (Å²) in [6.07, 6.45) is 0. The summed E-state index contributed by atoms with van der Waals surface area (Å²) < 4.78 is 0. The van der Waals surface area contributed by atoms with Crippen molar-refractivity contribution in [1.82, 2.24) is 9.88 Å². The van der Waals surface area contributed by atoms with Gasteiger partial charge in [-0.2, -0.15) is 11.8 Å². The number of pyridine rings is 1. The van der Waals surface area contributed by atoms with Gasteiger partial charge in [0.25, 0.3) is 5.91 Å². The average Bonchev–Trinajstić information content (AvgIpc) is 2.25. The van der Waals surface area contributed by atoms with Crippen molar-refractivity contribution in [3.63, 3.8) is 0 Å². The highest BCUT2D eigenvalue weighted by molar-refractivity contribution is 8.00. The van der Waals surface area contributed by atoms with E-state index in [1.807, 2.05) is 16.7 Å². The molecule has 3 nitrogen and oxygen atoms in total. The second-order valence-electron chi connectivity index (χ2n) is 4.47. The second-order valence-corrected chi connectivity index (χ2v) is 7.12. The van der Waals surface area contributed by atoms with Gasteiger partial charge in [0.2, 0.25) is 0 Å². The predicted octanol–water partition coefficient (Wildman–Crippen LogP) is 3.35. The van der Waals surface area contributed by atoms with Crippen LogP contribution in [0.2, 0.25) is 10.3 Å². The molecule has 0 bridgehead atoms. The molecule has 1 aliphatic heterocycles. The summed E-state index contributed by atoms with van der Waals surface area (Å²) in [5.41, 5.74) is 0.506. The Morgan fingerprint density at radius 2 is 1.78 bits per heavy atom. The zero-order valence-electron chi connectivity index (χ0n) is 10.2. The molecule has 0 N–H and O–H groups in total. The maximum atomic E-state index is 12.4. The van der Waals surface area contributed by atoms with Crippen LogP contribution in [-0.2, 0) is 0 Å². The van der Waals surface area contributed by atoms with Gasteiger partial charge < -0.3 is 4.90 Å². The van der Waals surface area contributed by atoms with E-state index in [1.54, 1.807) is 12.1 Å². The van der Waals surface area contributed by atoms with Crippen molar-refractivity contribution in [1.29, 1.82) is 0 Å². The van der Waals surface area contributed by atoms with Crippen LogP contribution in [0.25, 0.3) is 0 Å². The van der Waals surface area contributed by atoms with Gasteiger partial charge in [0.1, 0.15) is 10.3 Å². The number of thioether (sulfide) groups is 1. The van der Waals surface area contributed by atoms with Crippen molar-refractivity contribution in [2.24, 2.45) is 0 Å². The first-order valence-electron chi connectivity index (χ1n) is 5.73. The van der Waals surface area contributed by atoms with Gasteiger partial charge in [0, 0.05) is 29.2 Å². The van der Waals surface area contributed by atoms with Gasteiger partial charge in [-0.3, -0.25) is 4.79 Å². The molecule has 2 atom stereocenters. The summed E-state index contributed by atoms with van der Waals surface area (Å²) in [6.45, 7) is 5.77. The Balaban J connectivity index is 2.20. The number of hydrogen-bond donors (Lipinski definition) is 0. The fourth-order valence-electron chi connectivity index (χ4n) is 2.11. The Labute approximate surface area is 121 Å². The van der Waals surface area contributed by atoms with Crippen LogP contribution < -0.4 is 0 Å². The van der Waals surface area contributed by atoms with Crippen LogP contribution >= 0.6 is 35.0 Å². The third kappa shape index (κ3) is 3.31. The Morgan fingerprint density at radius 3 is 2.28 bits per heavy atom. The molecule has 0 aliphatic carbocycles. The molecule has 1 amide bonds. The van der Waals surface area contributed by atoms with Crippen LogP contribution in [0.15, 0.2) is 12.1 Å².